The van der Waals surface area contributed by atoms with Gasteiger partial charge in [0.25, 0.3) is 0 Å². The number of hydrogen-bond acceptors (Lipinski definition) is 1. The van der Waals surface area contributed by atoms with Crippen molar-refractivity contribution in [3.8, 4) is 12.3 Å². The first kappa shape index (κ1) is 9.41. The van der Waals surface area contributed by atoms with E-state index in [1.54, 1.807) is 0 Å². The lowest BCUT2D eigenvalue weighted by Crippen LogP contribution is -2.17. The van der Waals surface area contributed by atoms with E-state index in [9.17, 15) is 0 Å². The van der Waals surface area contributed by atoms with Gasteiger partial charge in [0, 0.05) is 12.7 Å². The number of rotatable bonds is 3. The van der Waals surface area contributed by atoms with Crippen LogP contribution in [0, 0.1) is 12.3 Å². The van der Waals surface area contributed by atoms with Crippen LogP contribution in [-0.2, 0) is 0 Å². The van der Waals surface area contributed by atoms with Crippen LogP contribution in [0.4, 0.5) is 5.69 Å². The van der Waals surface area contributed by atoms with Gasteiger partial charge in [-0.15, -0.1) is 6.42 Å². The highest BCUT2D eigenvalue weighted by Gasteiger charge is 2.01. The monoisotopic (exact) mass is 171 g/mol. The molecule has 13 heavy (non-hydrogen) atoms. The van der Waals surface area contributed by atoms with Gasteiger partial charge in [-0.3, -0.25) is 0 Å². The van der Waals surface area contributed by atoms with Gasteiger partial charge in [0.15, 0.2) is 0 Å². The van der Waals surface area contributed by atoms with E-state index in [0.29, 0.717) is 6.54 Å². The zero-order valence-corrected chi connectivity index (χ0v) is 7.83. The Labute approximate surface area is 79.7 Å². The number of hydrogen-bond donors (Lipinski definition) is 0. The molecule has 0 amide bonds. The summed E-state index contributed by atoms with van der Waals surface area (Å²) in [5, 5.41) is 0. The Morgan fingerprint density at radius 1 is 1.54 bits per heavy atom. The van der Waals surface area contributed by atoms with Crippen molar-refractivity contribution in [1.82, 2.24) is 0 Å². The maximum atomic E-state index is 5.24. The summed E-state index contributed by atoms with van der Waals surface area (Å²) in [6.45, 7) is 4.37. The molecule has 0 aliphatic carbocycles. The molecule has 0 saturated heterocycles. The fourth-order valence-corrected chi connectivity index (χ4v) is 1.23. The molecule has 0 heterocycles. The summed E-state index contributed by atoms with van der Waals surface area (Å²) in [4.78, 5) is 2.02. The molecule has 0 unspecified atom stereocenters. The third-order valence-corrected chi connectivity index (χ3v) is 1.90. The third-order valence-electron chi connectivity index (χ3n) is 1.90. The van der Waals surface area contributed by atoms with Gasteiger partial charge in [0.1, 0.15) is 0 Å². The second-order valence-corrected chi connectivity index (χ2v) is 2.82. The van der Waals surface area contributed by atoms with Gasteiger partial charge in [-0.2, -0.15) is 0 Å². The van der Waals surface area contributed by atoms with Gasteiger partial charge >= 0.3 is 0 Å². The molecule has 0 aromatic heterocycles. The molecule has 0 fully saturated rings. The normalized spacial score (nSPS) is 8.92. The molecule has 0 aliphatic heterocycles. The minimum atomic E-state index is 0.616. The van der Waals surface area contributed by atoms with Crippen molar-refractivity contribution in [2.75, 3.05) is 18.5 Å². The summed E-state index contributed by atoms with van der Waals surface area (Å²) in [6, 6.07) is 8.04. The quantitative estimate of drug-likeness (QED) is 0.631. The predicted octanol–water partition coefficient (Wildman–Crippen LogP) is 2.40. The van der Waals surface area contributed by atoms with Crippen molar-refractivity contribution in [2.24, 2.45) is 0 Å². The maximum Gasteiger partial charge on any atom is 0.0788 e. The standard InChI is InChI=1S/C12H13N/c1-4-10-13(3)12-9-7-6-8-11(12)5-2/h1,5-9H,2,10H2,3H3. The summed E-state index contributed by atoms with van der Waals surface area (Å²) in [7, 11) is 1.97. The fraction of sp³-hybridized carbons (Fsp3) is 0.167. The molecule has 0 radical (unpaired) electrons. The van der Waals surface area contributed by atoms with Crippen LogP contribution >= 0.6 is 0 Å². The van der Waals surface area contributed by atoms with E-state index in [1.807, 2.05) is 42.3 Å². The highest BCUT2D eigenvalue weighted by Crippen LogP contribution is 2.19. The zero-order valence-electron chi connectivity index (χ0n) is 7.83. The van der Waals surface area contributed by atoms with Gasteiger partial charge < -0.3 is 4.90 Å². The first-order valence-corrected chi connectivity index (χ1v) is 4.15. The van der Waals surface area contributed by atoms with Crippen molar-refractivity contribution >= 4 is 11.8 Å². The Balaban J connectivity index is 2.99. The van der Waals surface area contributed by atoms with Crippen molar-refractivity contribution in [1.29, 1.82) is 0 Å². The Morgan fingerprint density at radius 3 is 2.85 bits per heavy atom. The van der Waals surface area contributed by atoms with Crippen LogP contribution in [0.15, 0.2) is 30.8 Å². The summed E-state index contributed by atoms with van der Waals surface area (Å²) in [5.74, 6) is 2.61. The van der Waals surface area contributed by atoms with Crippen molar-refractivity contribution in [3.05, 3.63) is 36.4 Å². The zero-order chi connectivity index (χ0) is 9.68. The molecule has 1 nitrogen and oxygen atoms in total. The lowest BCUT2D eigenvalue weighted by molar-refractivity contribution is 1.05. The first-order chi connectivity index (χ1) is 6.29. The smallest absolute Gasteiger partial charge is 0.0788 e. The van der Waals surface area contributed by atoms with E-state index in [2.05, 4.69) is 12.5 Å². The van der Waals surface area contributed by atoms with E-state index >= 15 is 0 Å². The van der Waals surface area contributed by atoms with Crippen LogP contribution in [0.3, 0.4) is 0 Å². The number of para-hydroxylation sites is 1. The summed E-state index contributed by atoms with van der Waals surface area (Å²) >= 11 is 0. The molecule has 1 heteroatoms. The van der Waals surface area contributed by atoms with E-state index in [0.717, 1.165) is 11.3 Å². The molecule has 1 rings (SSSR count). The van der Waals surface area contributed by atoms with Crippen LogP contribution in [0.1, 0.15) is 5.56 Å². The van der Waals surface area contributed by atoms with E-state index in [-0.39, 0.29) is 0 Å². The molecule has 0 N–H and O–H groups in total. The third kappa shape index (κ3) is 2.13. The maximum absolute atomic E-state index is 5.24. The van der Waals surface area contributed by atoms with E-state index in [1.165, 1.54) is 0 Å². The number of terminal acetylenes is 1. The van der Waals surface area contributed by atoms with Gasteiger partial charge in [-0.05, 0) is 11.6 Å². The average molecular weight is 171 g/mol. The fourth-order valence-electron chi connectivity index (χ4n) is 1.23. The van der Waals surface area contributed by atoms with Crippen molar-refractivity contribution in [2.45, 2.75) is 0 Å². The van der Waals surface area contributed by atoms with E-state index in [4.69, 9.17) is 6.42 Å². The largest absolute Gasteiger partial charge is 0.363 e. The minimum absolute atomic E-state index is 0.616. The Hall–Kier alpha value is -1.68. The van der Waals surface area contributed by atoms with Gasteiger partial charge in [0.05, 0.1) is 6.54 Å². The number of nitrogens with zero attached hydrogens (tertiary/aromatic N) is 1. The topological polar surface area (TPSA) is 3.24 Å². The van der Waals surface area contributed by atoms with Gasteiger partial charge in [0.2, 0.25) is 0 Å². The molecular formula is C12H13N. The second-order valence-electron chi connectivity index (χ2n) is 2.82. The molecule has 0 aliphatic rings. The molecule has 1 aromatic rings. The van der Waals surface area contributed by atoms with Gasteiger partial charge in [-0.25, -0.2) is 0 Å². The number of benzene rings is 1. The highest BCUT2D eigenvalue weighted by molar-refractivity contribution is 5.66. The SMILES string of the molecule is C#CCN(C)c1ccccc1C=C. The molecule has 1 aromatic carbocycles. The molecule has 0 atom stereocenters. The highest BCUT2D eigenvalue weighted by atomic mass is 15.1. The van der Waals surface area contributed by atoms with Crippen molar-refractivity contribution in [3.63, 3.8) is 0 Å². The summed E-state index contributed by atoms with van der Waals surface area (Å²) in [5.41, 5.74) is 2.23. The van der Waals surface area contributed by atoms with Gasteiger partial charge in [-0.1, -0.05) is 36.8 Å². The summed E-state index contributed by atoms with van der Waals surface area (Å²) < 4.78 is 0. The van der Waals surface area contributed by atoms with Crippen LogP contribution < -0.4 is 4.90 Å². The molecule has 0 saturated carbocycles. The molecular weight excluding hydrogens is 158 g/mol. The van der Waals surface area contributed by atoms with Crippen LogP contribution in [0.2, 0.25) is 0 Å². The van der Waals surface area contributed by atoms with E-state index < -0.39 is 0 Å². The molecule has 0 spiro atoms. The lowest BCUT2D eigenvalue weighted by atomic mass is 10.1. The second kappa shape index (κ2) is 4.37. The van der Waals surface area contributed by atoms with Crippen LogP contribution in [0.5, 0.6) is 0 Å². The minimum Gasteiger partial charge on any atom is -0.363 e. The van der Waals surface area contributed by atoms with Crippen LogP contribution in [-0.4, -0.2) is 13.6 Å². The first-order valence-electron chi connectivity index (χ1n) is 4.15. The Bertz CT molecular complexity index is 333. The van der Waals surface area contributed by atoms with Crippen molar-refractivity contribution < 1.29 is 0 Å². The predicted molar refractivity (Wildman–Crippen MR) is 58.6 cm³/mol. The molecule has 0 bridgehead atoms. The molecule has 66 valence electrons. The Kier molecular flexibility index (Phi) is 3.16. The average Bonchev–Trinajstić information content (AvgIpc) is 2.18. The van der Waals surface area contributed by atoms with Crippen LogP contribution in [0.25, 0.3) is 6.08 Å². The summed E-state index contributed by atoms with van der Waals surface area (Å²) in [6.07, 6.45) is 7.08. The lowest BCUT2D eigenvalue weighted by Gasteiger charge is -2.18. The number of anilines is 1. The Morgan fingerprint density at radius 2 is 2.23 bits per heavy atom.